The van der Waals surface area contributed by atoms with Gasteiger partial charge in [0.05, 0.1) is 28.9 Å². The van der Waals surface area contributed by atoms with Crippen molar-refractivity contribution in [3.63, 3.8) is 0 Å². The van der Waals surface area contributed by atoms with E-state index in [4.69, 9.17) is 27.9 Å². The number of nitrogens with one attached hydrogen (secondary N) is 1. The Bertz CT molecular complexity index is 1200. The molecule has 0 aliphatic rings. The lowest BCUT2D eigenvalue weighted by Crippen LogP contribution is -1.87. The van der Waals surface area contributed by atoms with Gasteiger partial charge in [-0.25, -0.2) is 4.98 Å². The SMILES string of the molecule is COc1ccc(O)c(C=Nc2ccc3nc(-c4ccc(Cl)cc4Cl)[nH]c3c2)c1. The van der Waals surface area contributed by atoms with Crippen LogP contribution in [0.4, 0.5) is 5.69 Å². The van der Waals surface area contributed by atoms with E-state index < -0.39 is 0 Å². The van der Waals surface area contributed by atoms with E-state index in [0.29, 0.717) is 32.9 Å². The number of hydrogen-bond acceptors (Lipinski definition) is 4. The van der Waals surface area contributed by atoms with Gasteiger partial charge in [0, 0.05) is 22.4 Å². The minimum atomic E-state index is 0.131. The molecule has 0 aliphatic carbocycles. The van der Waals surface area contributed by atoms with Crippen LogP contribution in [0.2, 0.25) is 10.0 Å². The molecule has 28 heavy (non-hydrogen) atoms. The molecule has 0 fully saturated rings. The number of ether oxygens (including phenoxy) is 1. The van der Waals surface area contributed by atoms with Crippen LogP contribution in [-0.4, -0.2) is 28.4 Å². The average Bonchev–Trinajstić information content (AvgIpc) is 3.10. The van der Waals surface area contributed by atoms with Crippen LogP contribution in [0.15, 0.2) is 59.6 Å². The van der Waals surface area contributed by atoms with Crippen molar-refractivity contribution < 1.29 is 9.84 Å². The summed E-state index contributed by atoms with van der Waals surface area (Å²) in [4.78, 5) is 12.3. The molecule has 0 radical (unpaired) electrons. The molecule has 0 saturated carbocycles. The first-order valence-electron chi connectivity index (χ1n) is 8.40. The monoisotopic (exact) mass is 411 g/mol. The lowest BCUT2D eigenvalue weighted by molar-refractivity contribution is 0.412. The van der Waals surface area contributed by atoms with Crippen molar-refractivity contribution in [3.05, 3.63) is 70.2 Å². The quantitative estimate of drug-likeness (QED) is 0.404. The molecule has 0 spiro atoms. The molecule has 0 aliphatic heterocycles. The normalized spacial score (nSPS) is 11.4. The van der Waals surface area contributed by atoms with E-state index in [-0.39, 0.29) is 5.75 Å². The molecule has 0 saturated heterocycles. The summed E-state index contributed by atoms with van der Waals surface area (Å²) < 4.78 is 5.18. The van der Waals surface area contributed by atoms with E-state index in [1.54, 1.807) is 43.7 Å². The van der Waals surface area contributed by atoms with Gasteiger partial charge in [0.1, 0.15) is 17.3 Å². The molecule has 5 nitrogen and oxygen atoms in total. The van der Waals surface area contributed by atoms with Crippen LogP contribution in [0.3, 0.4) is 0 Å². The summed E-state index contributed by atoms with van der Waals surface area (Å²) in [6.45, 7) is 0. The number of aromatic nitrogens is 2. The van der Waals surface area contributed by atoms with Gasteiger partial charge in [-0.3, -0.25) is 4.99 Å². The van der Waals surface area contributed by atoms with Crippen molar-refractivity contribution in [2.24, 2.45) is 4.99 Å². The fourth-order valence-corrected chi connectivity index (χ4v) is 3.29. The average molecular weight is 412 g/mol. The molecule has 2 N–H and O–H groups in total. The van der Waals surface area contributed by atoms with Crippen molar-refractivity contribution >= 4 is 46.1 Å². The van der Waals surface area contributed by atoms with E-state index in [2.05, 4.69) is 15.0 Å². The minimum Gasteiger partial charge on any atom is -0.507 e. The third-order valence-electron chi connectivity index (χ3n) is 4.24. The number of phenolic OH excluding ortho intramolecular Hbond substituents is 1. The van der Waals surface area contributed by atoms with Gasteiger partial charge >= 0.3 is 0 Å². The number of phenols is 1. The summed E-state index contributed by atoms with van der Waals surface area (Å²) in [5.74, 6) is 1.43. The summed E-state index contributed by atoms with van der Waals surface area (Å²) >= 11 is 12.2. The highest BCUT2D eigenvalue weighted by Crippen LogP contribution is 2.31. The minimum absolute atomic E-state index is 0.131. The zero-order chi connectivity index (χ0) is 19.7. The molecule has 7 heteroatoms. The fourth-order valence-electron chi connectivity index (χ4n) is 2.79. The highest BCUT2D eigenvalue weighted by Gasteiger charge is 2.10. The fraction of sp³-hybridized carbons (Fsp3) is 0.0476. The summed E-state index contributed by atoms with van der Waals surface area (Å²) in [6.07, 6.45) is 1.59. The molecular weight excluding hydrogens is 397 g/mol. The van der Waals surface area contributed by atoms with Crippen LogP contribution in [-0.2, 0) is 0 Å². The number of aliphatic imine (C=N–C) groups is 1. The highest BCUT2D eigenvalue weighted by atomic mass is 35.5. The maximum absolute atomic E-state index is 9.97. The smallest absolute Gasteiger partial charge is 0.140 e. The predicted octanol–water partition coefficient (Wildman–Crippen LogP) is 6.00. The van der Waals surface area contributed by atoms with Gasteiger partial charge in [-0.05, 0) is 54.6 Å². The number of aromatic amines is 1. The highest BCUT2D eigenvalue weighted by molar-refractivity contribution is 6.36. The first-order chi connectivity index (χ1) is 13.5. The van der Waals surface area contributed by atoms with Crippen LogP contribution in [0.1, 0.15) is 5.56 Å². The molecule has 0 unspecified atom stereocenters. The molecule has 1 aromatic heterocycles. The van der Waals surface area contributed by atoms with Gasteiger partial charge in [0.25, 0.3) is 0 Å². The van der Waals surface area contributed by atoms with E-state index >= 15 is 0 Å². The third kappa shape index (κ3) is 3.67. The Morgan fingerprint density at radius 1 is 1.07 bits per heavy atom. The molecule has 4 aromatic rings. The summed E-state index contributed by atoms with van der Waals surface area (Å²) in [6, 6.07) is 15.9. The number of halogens is 2. The molecule has 140 valence electrons. The topological polar surface area (TPSA) is 70.5 Å². The molecule has 1 heterocycles. The second kappa shape index (κ2) is 7.54. The maximum Gasteiger partial charge on any atom is 0.140 e. The number of benzene rings is 3. The van der Waals surface area contributed by atoms with Crippen molar-refractivity contribution in [2.75, 3.05) is 7.11 Å². The van der Waals surface area contributed by atoms with Crippen LogP contribution in [0.25, 0.3) is 22.4 Å². The van der Waals surface area contributed by atoms with Gasteiger partial charge in [-0.15, -0.1) is 0 Å². The van der Waals surface area contributed by atoms with Crippen LogP contribution in [0.5, 0.6) is 11.5 Å². The van der Waals surface area contributed by atoms with Crippen molar-refractivity contribution in [2.45, 2.75) is 0 Å². The molecule has 3 aromatic carbocycles. The summed E-state index contributed by atoms with van der Waals surface area (Å²) in [5, 5.41) is 11.1. The Kier molecular flexibility index (Phi) is 4.94. The first-order valence-corrected chi connectivity index (χ1v) is 9.15. The Balaban J connectivity index is 1.67. The van der Waals surface area contributed by atoms with Gasteiger partial charge < -0.3 is 14.8 Å². The third-order valence-corrected chi connectivity index (χ3v) is 4.79. The first kappa shape index (κ1) is 18.3. The zero-order valence-electron chi connectivity index (χ0n) is 14.8. The predicted molar refractivity (Wildman–Crippen MR) is 113 cm³/mol. The standard InChI is InChI=1S/C21H15Cl2N3O2/c1-28-15-4-7-20(27)12(8-15)11-24-14-3-6-18-19(10-14)26-21(25-18)16-5-2-13(22)9-17(16)23/h2-11,27H,1H3,(H,25,26). The maximum atomic E-state index is 9.97. The second-order valence-electron chi connectivity index (χ2n) is 6.09. The Labute approximate surface area is 171 Å². The van der Waals surface area contributed by atoms with Crippen molar-refractivity contribution in [1.29, 1.82) is 0 Å². The van der Waals surface area contributed by atoms with Crippen molar-refractivity contribution in [1.82, 2.24) is 9.97 Å². The van der Waals surface area contributed by atoms with E-state index in [9.17, 15) is 5.11 Å². The number of rotatable bonds is 4. The number of methoxy groups -OCH3 is 1. The Morgan fingerprint density at radius 3 is 2.71 bits per heavy atom. The lowest BCUT2D eigenvalue weighted by Gasteiger charge is -2.02. The van der Waals surface area contributed by atoms with Gasteiger partial charge in [0.15, 0.2) is 0 Å². The number of fused-ring (bicyclic) bond motifs is 1. The molecule has 0 bridgehead atoms. The van der Waals surface area contributed by atoms with Gasteiger partial charge in [-0.1, -0.05) is 23.2 Å². The van der Waals surface area contributed by atoms with Crippen LogP contribution < -0.4 is 4.74 Å². The number of imidazole rings is 1. The number of H-pyrrole nitrogens is 1. The molecule has 4 rings (SSSR count). The van der Waals surface area contributed by atoms with Crippen molar-refractivity contribution in [3.8, 4) is 22.9 Å². The van der Waals surface area contributed by atoms with Crippen LogP contribution >= 0.6 is 23.2 Å². The summed E-state index contributed by atoms with van der Waals surface area (Å²) in [7, 11) is 1.57. The summed E-state index contributed by atoms with van der Waals surface area (Å²) in [5.41, 5.74) is 3.67. The lowest BCUT2D eigenvalue weighted by atomic mass is 10.2. The van der Waals surface area contributed by atoms with E-state index in [0.717, 1.165) is 16.6 Å². The Hall–Kier alpha value is -3.02. The Morgan fingerprint density at radius 2 is 1.93 bits per heavy atom. The molecule has 0 amide bonds. The number of aromatic hydroxyl groups is 1. The number of nitrogens with zero attached hydrogens (tertiary/aromatic N) is 2. The van der Waals surface area contributed by atoms with Crippen LogP contribution in [0, 0.1) is 0 Å². The van der Waals surface area contributed by atoms with E-state index in [1.165, 1.54) is 0 Å². The zero-order valence-corrected chi connectivity index (χ0v) is 16.3. The van der Waals surface area contributed by atoms with E-state index in [1.807, 2.05) is 24.3 Å². The largest absolute Gasteiger partial charge is 0.507 e. The van der Waals surface area contributed by atoms with Gasteiger partial charge in [0.2, 0.25) is 0 Å². The molecule has 0 atom stereocenters. The second-order valence-corrected chi connectivity index (χ2v) is 6.94. The van der Waals surface area contributed by atoms with Gasteiger partial charge in [-0.2, -0.15) is 0 Å². The molecular formula is C21H15Cl2N3O2. The number of hydrogen-bond donors (Lipinski definition) is 2.